The lowest BCUT2D eigenvalue weighted by atomic mass is 9.80. The van der Waals surface area contributed by atoms with Gasteiger partial charge in [-0.2, -0.15) is 4.98 Å². The van der Waals surface area contributed by atoms with Gasteiger partial charge in [-0.3, -0.25) is 4.98 Å². The highest BCUT2D eigenvalue weighted by atomic mass is 35.5. The Kier molecular flexibility index (Phi) is 3.43. The van der Waals surface area contributed by atoms with Crippen molar-refractivity contribution in [1.82, 2.24) is 25.4 Å². The van der Waals surface area contributed by atoms with Crippen molar-refractivity contribution in [2.24, 2.45) is 5.92 Å². The van der Waals surface area contributed by atoms with Gasteiger partial charge in [0.15, 0.2) is 0 Å². The Bertz CT molecular complexity index is 577. The third-order valence-corrected chi connectivity index (χ3v) is 4.43. The summed E-state index contributed by atoms with van der Waals surface area (Å²) >= 11 is 0. The molecule has 6 nitrogen and oxygen atoms in total. The van der Waals surface area contributed by atoms with E-state index >= 15 is 0 Å². The molecule has 2 fully saturated rings. The van der Waals surface area contributed by atoms with Crippen molar-refractivity contribution in [2.45, 2.75) is 24.7 Å². The summed E-state index contributed by atoms with van der Waals surface area (Å²) in [6, 6.07) is 0. The summed E-state index contributed by atoms with van der Waals surface area (Å²) in [5, 5.41) is 7.53. The molecule has 0 spiro atoms. The molecule has 0 amide bonds. The lowest BCUT2D eigenvalue weighted by Gasteiger charge is -2.22. The van der Waals surface area contributed by atoms with Gasteiger partial charge in [0.1, 0.15) is 5.69 Å². The molecule has 2 aliphatic rings. The van der Waals surface area contributed by atoms with E-state index in [1.54, 1.807) is 18.6 Å². The summed E-state index contributed by atoms with van der Waals surface area (Å²) in [6.45, 7) is 2.00. The summed E-state index contributed by atoms with van der Waals surface area (Å²) in [4.78, 5) is 12.8. The van der Waals surface area contributed by atoms with Gasteiger partial charge in [-0.15, -0.1) is 12.4 Å². The van der Waals surface area contributed by atoms with Crippen molar-refractivity contribution >= 4 is 12.4 Å². The van der Waals surface area contributed by atoms with Gasteiger partial charge in [0.05, 0.1) is 11.6 Å². The maximum atomic E-state index is 5.54. The van der Waals surface area contributed by atoms with E-state index in [2.05, 4.69) is 25.4 Å². The quantitative estimate of drug-likeness (QED) is 0.906. The van der Waals surface area contributed by atoms with Crippen LogP contribution < -0.4 is 5.32 Å². The van der Waals surface area contributed by atoms with Crippen LogP contribution in [0, 0.1) is 5.92 Å². The minimum atomic E-state index is 0. The Labute approximate surface area is 122 Å². The first-order valence-corrected chi connectivity index (χ1v) is 6.70. The summed E-state index contributed by atoms with van der Waals surface area (Å²) < 4.78 is 5.54. The van der Waals surface area contributed by atoms with E-state index in [0.29, 0.717) is 17.4 Å². The van der Waals surface area contributed by atoms with Gasteiger partial charge in [-0.05, 0) is 25.3 Å². The van der Waals surface area contributed by atoms with Crippen molar-refractivity contribution in [1.29, 1.82) is 0 Å². The van der Waals surface area contributed by atoms with Gasteiger partial charge in [0, 0.05) is 18.9 Å². The monoisotopic (exact) mass is 293 g/mol. The number of hydrogen-bond acceptors (Lipinski definition) is 6. The molecule has 3 heterocycles. The highest BCUT2D eigenvalue weighted by Crippen LogP contribution is 2.47. The van der Waals surface area contributed by atoms with Gasteiger partial charge in [0.25, 0.3) is 0 Å². The second kappa shape index (κ2) is 5.10. The third kappa shape index (κ3) is 1.91. The zero-order chi connectivity index (χ0) is 12.7. The van der Waals surface area contributed by atoms with E-state index in [1.807, 2.05) is 0 Å². The zero-order valence-electron chi connectivity index (χ0n) is 11.0. The van der Waals surface area contributed by atoms with E-state index in [-0.39, 0.29) is 17.8 Å². The molecule has 1 saturated heterocycles. The van der Waals surface area contributed by atoms with Crippen molar-refractivity contribution in [2.75, 3.05) is 13.1 Å². The van der Waals surface area contributed by atoms with Crippen LogP contribution >= 0.6 is 12.4 Å². The molecule has 2 atom stereocenters. The fraction of sp³-hybridized carbons (Fsp3) is 0.538. The molecule has 0 bridgehead atoms. The van der Waals surface area contributed by atoms with E-state index in [0.717, 1.165) is 25.4 Å². The van der Waals surface area contributed by atoms with Crippen LogP contribution in [0.4, 0.5) is 0 Å². The lowest BCUT2D eigenvalue weighted by molar-refractivity contribution is 0.265. The molecule has 1 aliphatic heterocycles. The maximum Gasteiger partial charge on any atom is 0.234 e. The summed E-state index contributed by atoms with van der Waals surface area (Å²) in [7, 11) is 0. The Hall–Kier alpha value is -1.53. The number of nitrogens with zero attached hydrogens (tertiary/aromatic N) is 4. The number of hydrogen-bond donors (Lipinski definition) is 1. The minimum Gasteiger partial charge on any atom is -0.338 e. The minimum absolute atomic E-state index is 0. The predicted molar refractivity (Wildman–Crippen MR) is 74.5 cm³/mol. The highest BCUT2D eigenvalue weighted by Gasteiger charge is 2.51. The van der Waals surface area contributed by atoms with Crippen molar-refractivity contribution in [3.8, 4) is 11.5 Å². The maximum absolute atomic E-state index is 5.54. The van der Waals surface area contributed by atoms with E-state index in [9.17, 15) is 0 Å². The van der Waals surface area contributed by atoms with Crippen LogP contribution in [0.3, 0.4) is 0 Å². The Morgan fingerprint density at radius 2 is 2.30 bits per heavy atom. The molecule has 0 unspecified atom stereocenters. The molecular formula is C13H16ClN5O. The van der Waals surface area contributed by atoms with Gasteiger partial charge in [-0.1, -0.05) is 11.6 Å². The average molecular weight is 294 g/mol. The fourth-order valence-electron chi connectivity index (χ4n) is 3.45. The highest BCUT2D eigenvalue weighted by molar-refractivity contribution is 5.85. The van der Waals surface area contributed by atoms with Gasteiger partial charge in [0.2, 0.25) is 11.7 Å². The van der Waals surface area contributed by atoms with E-state index < -0.39 is 0 Å². The molecule has 1 N–H and O–H groups in total. The molecule has 20 heavy (non-hydrogen) atoms. The smallest absolute Gasteiger partial charge is 0.234 e. The van der Waals surface area contributed by atoms with E-state index in [4.69, 9.17) is 4.52 Å². The Morgan fingerprint density at radius 3 is 3.15 bits per heavy atom. The molecule has 2 aromatic heterocycles. The summed E-state index contributed by atoms with van der Waals surface area (Å²) in [5.41, 5.74) is 0.711. The van der Waals surface area contributed by atoms with Crippen LogP contribution in [0.25, 0.3) is 11.5 Å². The molecule has 0 aromatic carbocycles. The van der Waals surface area contributed by atoms with Crippen LogP contribution in [-0.4, -0.2) is 33.2 Å². The van der Waals surface area contributed by atoms with Crippen LogP contribution in [0.1, 0.15) is 25.2 Å². The van der Waals surface area contributed by atoms with Crippen LogP contribution in [0.5, 0.6) is 0 Å². The Morgan fingerprint density at radius 1 is 1.35 bits per heavy atom. The van der Waals surface area contributed by atoms with Gasteiger partial charge < -0.3 is 9.84 Å². The first kappa shape index (κ1) is 13.5. The first-order chi connectivity index (χ1) is 9.38. The average Bonchev–Trinajstić information content (AvgIpc) is 3.14. The zero-order valence-corrected chi connectivity index (χ0v) is 11.8. The molecule has 7 heteroatoms. The lowest BCUT2D eigenvalue weighted by Crippen LogP contribution is -2.31. The molecular weight excluding hydrogens is 278 g/mol. The van der Waals surface area contributed by atoms with Crippen molar-refractivity contribution < 1.29 is 4.52 Å². The standard InChI is InChI=1S/C13H15N5O.ClH/c1-2-9-6-15-8-13(9,3-1)12-17-11(18-19-12)10-7-14-4-5-16-10;/h4-5,7,9,15H,1-3,6,8H2;1H/t9-,13-;/m1./s1. The normalized spacial score (nSPS) is 28.1. The second-order valence-electron chi connectivity index (χ2n) is 5.39. The molecule has 4 rings (SSSR count). The third-order valence-electron chi connectivity index (χ3n) is 4.43. The topological polar surface area (TPSA) is 76.7 Å². The number of nitrogens with one attached hydrogen (secondary N) is 1. The number of rotatable bonds is 2. The number of aromatic nitrogens is 4. The predicted octanol–water partition coefficient (Wildman–Crippen LogP) is 1.59. The molecule has 2 aromatic rings. The number of fused-ring (bicyclic) bond motifs is 1. The first-order valence-electron chi connectivity index (χ1n) is 6.70. The van der Waals surface area contributed by atoms with Gasteiger partial charge in [-0.25, -0.2) is 4.98 Å². The SMILES string of the molecule is Cl.c1cnc(-c2noc([C@@]34CCC[C@@H]3CNC4)n2)cn1. The number of halogens is 1. The largest absolute Gasteiger partial charge is 0.338 e. The summed E-state index contributed by atoms with van der Waals surface area (Å²) in [6.07, 6.45) is 8.55. The molecule has 1 aliphatic carbocycles. The molecule has 0 radical (unpaired) electrons. The van der Waals surface area contributed by atoms with Crippen LogP contribution in [-0.2, 0) is 5.41 Å². The van der Waals surface area contributed by atoms with Crippen LogP contribution in [0.2, 0.25) is 0 Å². The fourth-order valence-corrected chi connectivity index (χ4v) is 3.45. The van der Waals surface area contributed by atoms with Crippen LogP contribution in [0.15, 0.2) is 23.1 Å². The molecule has 1 saturated carbocycles. The van der Waals surface area contributed by atoms with Crippen molar-refractivity contribution in [3.63, 3.8) is 0 Å². The Balaban J connectivity index is 0.00000121. The van der Waals surface area contributed by atoms with E-state index in [1.165, 1.54) is 12.8 Å². The van der Waals surface area contributed by atoms with Gasteiger partial charge >= 0.3 is 0 Å². The van der Waals surface area contributed by atoms with Crippen molar-refractivity contribution in [3.05, 3.63) is 24.5 Å². The summed E-state index contributed by atoms with van der Waals surface area (Å²) in [5.74, 6) is 1.93. The second-order valence-corrected chi connectivity index (χ2v) is 5.39. The molecule has 106 valence electrons.